The first-order valence-corrected chi connectivity index (χ1v) is 7.09. The average molecular weight is 317 g/mol. The Hall–Kier alpha value is -1.83. The summed E-state index contributed by atoms with van der Waals surface area (Å²) in [7, 11) is 1.17. The summed E-state index contributed by atoms with van der Waals surface area (Å²) in [4.78, 5) is 35.2. The Bertz CT molecular complexity index is 404. The minimum absolute atomic E-state index is 0.139. The van der Waals surface area contributed by atoms with Crippen LogP contribution < -0.4 is 16.4 Å². The monoisotopic (exact) mass is 317 g/mol. The van der Waals surface area contributed by atoms with Gasteiger partial charge in [0.15, 0.2) is 6.17 Å². The van der Waals surface area contributed by atoms with Gasteiger partial charge in [-0.1, -0.05) is 13.8 Å². The number of carbonyl (C=O) groups is 3. The fourth-order valence-corrected chi connectivity index (χ4v) is 1.59. The Labute approximate surface area is 131 Å². The third-order valence-electron chi connectivity index (χ3n) is 2.47. The summed E-state index contributed by atoms with van der Waals surface area (Å²) in [5.41, 5.74) is 4.80. The van der Waals surface area contributed by atoms with Crippen LogP contribution in [0, 0.1) is 5.92 Å². The van der Waals surface area contributed by atoms with Crippen molar-refractivity contribution in [2.45, 2.75) is 58.8 Å². The van der Waals surface area contributed by atoms with Crippen LogP contribution in [0.15, 0.2) is 0 Å². The Morgan fingerprint density at radius 3 is 2.09 bits per heavy atom. The van der Waals surface area contributed by atoms with Crippen molar-refractivity contribution in [1.82, 2.24) is 10.6 Å². The summed E-state index contributed by atoms with van der Waals surface area (Å²) in [6, 6.07) is -0.856. The van der Waals surface area contributed by atoms with Crippen LogP contribution >= 0.6 is 0 Å². The van der Waals surface area contributed by atoms with Gasteiger partial charge in [0.05, 0.1) is 7.11 Å². The molecule has 0 aliphatic heterocycles. The number of nitrogens with two attached hydrogens (primary N) is 1. The molecule has 2 atom stereocenters. The van der Waals surface area contributed by atoms with Crippen molar-refractivity contribution < 1.29 is 23.9 Å². The molecule has 0 rings (SSSR count). The predicted octanol–water partition coefficient (Wildman–Crippen LogP) is 0.500. The topological polar surface area (TPSA) is 120 Å². The number of hydrogen-bond donors (Lipinski definition) is 3. The first-order chi connectivity index (χ1) is 9.96. The normalized spacial score (nSPS) is 14.0. The Morgan fingerprint density at radius 2 is 1.68 bits per heavy atom. The maximum atomic E-state index is 12.1. The molecule has 0 saturated carbocycles. The van der Waals surface area contributed by atoms with Crippen LogP contribution in [0.3, 0.4) is 0 Å². The maximum absolute atomic E-state index is 12.1. The van der Waals surface area contributed by atoms with E-state index in [2.05, 4.69) is 15.4 Å². The number of methoxy groups -OCH3 is 1. The summed E-state index contributed by atoms with van der Waals surface area (Å²) >= 11 is 0. The van der Waals surface area contributed by atoms with Crippen LogP contribution in [0.2, 0.25) is 0 Å². The van der Waals surface area contributed by atoms with E-state index in [0.717, 1.165) is 0 Å². The van der Waals surface area contributed by atoms with Crippen molar-refractivity contribution >= 4 is 18.0 Å². The van der Waals surface area contributed by atoms with Crippen LogP contribution in [-0.4, -0.2) is 42.9 Å². The largest absolute Gasteiger partial charge is 0.466 e. The molecule has 0 heterocycles. The number of esters is 1. The molecule has 4 N–H and O–H groups in total. The van der Waals surface area contributed by atoms with Crippen LogP contribution in [0.25, 0.3) is 0 Å². The number of hydrogen-bond acceptors (Lipinski definition) is 6. The molecule has 0 spiro atoms. The Morgan fingerprint density at radius 1 is 1.14 bits per heavy atom. The molecule has 0 aromatic heterocycles. The summed E-state index contributed by atoms with van der Waals surface area (Å²) < 4.78 is 9.55. The number of carbonyl (C=O) groups excluding carboxylic acids is 3. The van der Waals surface area contributed by atoms with Gasteiger partial charge in [0.25, 0.3) is 0 Å². The highest BCUT2D eigenvalue weighted by Gasteiger charge is 2.27. The van der Waals surface area contributed by atoms with E-state index < -0.39 is 35.8 Å². The van der Waals surface area contributed by atoms with Crippen LogP contribution in [-0.2, 0) is 19.1 Å². The van der Waals surface area contributed by atoms with E-state index in [9.17, 15) is 14.4 Å². The van der Waals surface area contributed by atoms with Crippen molar-refractivity contribution in [2.75, 3.05) is 7.11 Å². The molecule has 0 aliphatic rings. The van der Waals surface area contributed by atoms with Crippen molar-refractivity contribution in [3.8, 4) is 0 Å². The van der Waals surface area contributed by atoms with Gasteiger partial charge in [-0.25, -0.2) is 9.59 Å². The van der Waals surface area contributed by atoms with E-state index >= 15 is 0 Å². The van der Waals surface area contributed by atoms with E-state index in [0.29, 0.717) is 6.42 Å². The lowest BCUT2D eigenvalue weighted by atomic mass is 10.0. The number of ether oxygens (including phenoxy) is 2. The lowest BCUT2D eigenvalue weighted by Gasteiger charge is -2.24. The molecule has 0 bridgehead atoms. The Kier molecular flexibility index (Phi) is 7.86. The molecular weight excluding hydrogens is 290 g/mol. The predicted molar refractivity (Wildman–Crippen MR) is 80.7 cm³/mol. The third-order valence-corrected chi connectivity index (χ3v) is 2.47. The zero-order valence-corrected chi connectivity index (χ0v) is 14.1. The standard InChI is InChI=1S/C14H27N3O5/c1-8(2)7-9(16-13(20)22-14(3,4)5)11(18)17-10(15)12(19)21-6/h8-10H,7,15H2,1-6H3,(H,16,20)(H,17,18)/t9-,10+/m0/s1. The molecule has 2 amide bonds. The first-order valence-electron chi connectivity index (χ1n) is 7.09. The van der Waals surface area contributed by atoms with E-state index in [-0.39, 0.29) is 5.92 Å². The molecule has 0 saturated heterocycles. The lowest BCUT2D eigenvalue weighted by Crippen LogP contribution is -2.55. The zero-order valence-electron chi connectivity index (χ0n) is 14.1. The highest BCUT2D eigenvalue weighted by atomic mass is 16.6. The number of rotatable bonds is 6. The van der Waals surface area contributed by atoms with E-state index in [1.165, 1.54) is 7.11 Å². The van der Waals surface area contributed by atoms with Gasteiger partial charge >= 0.3 is 12.1 Å². The minimum atomic E-state index is -1.28. The first kappa shape index (κ1) is 20.2. The van der Waals surface area contributed by atoms with Crippen LogP contribution in [0.5, 0.6) is 0 Å². The van der Waals surface area contributed by atoms with Gasteiger partial charge in [0.2, 0.25) is 5.91 Å². The molecule has 8 nitrogen and oxygen atoms in total. The molecule has 0 aromatic rings. The van der Waals surface area contributed by atoms with Crippen molar-refractivity contribution in [2.24, 2.45) is 11.7 Å². The molecule has 0 aliphatic carbocycles. The van der Waals surface area contributed by atoms with E-state index in [4.69, 9.17) is 10.5 Å². The average Bonchev–Trinajstić information content (AvgIpc) is 2.33. The smallest absolute Gasteiger partial charge is 0.408 e. The lowest BCUT2D eigenvalue weighted by molar-refractivity contribution is -0.145. The molecule has 8 heteroatoms. The summed E-state index contributed by atoms with van der Waals surface area (Å²) in [5.74, 6) is -1.20. The van der Waals surface area contributed by atoms with Gasteiger partial charge in [-0.2, -0.15) is 0 Å². The van der Waals surface area contributed by atoms with Gasteiger partial charge in [-0.05, 0) is 33.1 Å². The van der Waals surface area contributed by atoms with Crippen LogP contribution in [0.1, 0.15) is 41.0 Å². The summed E-state index contributed by atoms with van der Waals surface area (Å²) in [6.07, 6.45) is -1.62. The van der Waals surface area contributed by atoms with Gasteiger partial charge in [0.1, 0.15) is 11.6 Å². The summed E-state index contributed by atoms with van der Waals surface area (Å²) in [5, 5.41) is 4.78. The fourth-order valence-electron chi connectivity index (χ4n) is 1.59. The zero-order chi connectivity index (χ0) is 17.5. The van der Waals surface area contributed by atoms with E-state index in [1.807, 2.05) is 13.8 Å². The number of amides is 2. The van der Waals surface area contributed by atoms with Crippen molar-refractivity contribution in [3.63, 3.8) is 0 Å². The molecule has 0 unspecified atom stereocenters. The fraction of sp³-hybridized carbons (Fsp3) is 0.786. The highest BCUT2D eigenvalue weighted by molar-refractivity contribution is 5.89. The summed E-state index contributed by atoms with van der Waals surface area (Å²) in [6.45, 7) is 8.96. The van der Waals surface area contributed by atoms with Gasteiger partial charge in [0, 0.05) is 0 Å². The molecule has 0 aromatic carbocycles. The van der Waals surface area contributed by atoms with E-state index in [1.54, 1.807) is 20.8 Å². The second-order valence-electron chi connectivity index (χ2n) is 6.34. The molecule has 0 radical (unpaired) electrons. The van der Waals surface area contributed by atoms with Crippen molar-refractivity contribution in [1.29, 1.82) is 0 Å². The SMILES string of the molecule is COC(=O)[C@H](N)NC(=O)[C@H](CC(C)C)NC(=O)OC(C)(C)C. The van der Waals surface area contributed by atoms with Crippen molar-refractivity contribution in [3.05, 3.63) is 0 Å². The number of alkyl carbamates (subject to hydrolysis) is 1. The molecule has 0 fully saturated rings. The molecule has 128 valence electrons. The maximum Gasteiger partial charge on any atom is 0.408 e. The third kappa shape index (κ3) is 8.46. The molecular formula is C14H27N3O5. The van der Waals surface area contributed by atoms with Crippen LogP contribution in [0.4, 0.5) is 4.79 Å². The van der Waals surface area contributed by atoms with Gasteiger partial charge in [-0.3, -0.25) is 4.79 Å². The van der Waals surface area contributed by atoms with Gasteiger partial charge < -0.3 is 25.8 Å². The quantitative estimate of drug-likeness (QED) is 0.485. The highest BCUT2D eigenvalue weighted by Crippen LogP contribution is 2.09. The minimum Gasteiger partial charge on any atom is -0.466 e. The molecule has 22 heavy (non-hydrogen) atoms. The second-order valence-corrected chi connectivity index (χ2v) is 6.34. The Balaban J connectivity index is 4.79. The van der Waals surface area contributed by atoms with Gasteiger partial charge in [-0.15, -0.1) is 0 Å². The second kappa shape index (κ2) is 8.57. The number of nitrogens with one attached hydrogen (secondary N) is 2.